The van der Waals surface area contributed by atoms with Crippen LogP contribution in [0.25, 0.3) is 0 Å². The number of halogens is 2. The van der Waals surface area contributed by atoms with E-state index in [1.807, 2.05) is 37.3 Å². The van der Waals surface area contributed by atoms with Crippen molar-refractivity contribution in [2.24, 2.45) is 17.6 Å². The van der Waals surface area contributed by atoms with E-state index in [1.165, 1.54) is 0 Å². The van der Waals surface area contributed by atoms with Gasteiger partial charge >= 0.3 is 0 Å². The third-order valence-electron chi connectivity index (χ3n) is 5.45. The Morgan fingerprint density at radius 3 is 2.41 bits per heavy atom. The highest BCUT2D eigenvalue weighted by Gasteiger charge is 2.24. The Bertz CT molecular complexity index is 525. The molecule has 1 heterocycles. The highest BCUT2D eigenvalue weighted by atomic mass is 35.5. The summed E-state index contributed by atoms with van der Waals surface area (Å²) in [6, 6.07) is 9.39. The van der Waals surface area contributed by atoms with Crippen molar-refractivity contribution in [1.82, 2.24) is 10.2 Å². The molecule has 1 saturated heterocycles. The van der Waals surface area contributed by atoms with Crippen LogP contribution >= 0.6 is 24.8 Å². The number of amides is 1. The first-order valence-electron chi connectivity index (χ1n) is 9.49. The fourth-order valence-corrected chi connectivity index (χ4v) is 3.27. The monoisotopic (exact) mass is 419 g/mol. The maximum atomic E-state index is 12.1. The zero-order valence-corrected chi connectivity index (χ0v) is 18.0. The topological polar surface area (TPSA) is 78.6 Å². The van der Waals surface area contributed by atoms with Crippen LogP contribution in [0.3, 0.4) is 0 Å². The van der Waals surface area contributed by atoms with Crippen LogP contribution in [-0.4, -0.2) is 48.1 Å². The molecule has 0 radical (unpaired) electrons. The number of hydrogen-bond donors (Lipinski definition) is 3. The number of benzene rings is 1. The van der Waals surface area contributed by atoms with Gasteiger partial charge < -0.3 is 21.1 Å². The third kappa shape index (κ3) is 8.36. The lowest BCUT2D eigenvalue weighted by Gasteiger charge is -2.33. The van der Waals surface area contributed by atoms with Gasteiger partial charge in [-0.1, -0.05) is 50.6 Å². The maximum Gasteiger partial charge on any atom is 0.237 e. The lowest BCUT2D eigenvalue weighted by atomic mass is 9.95. The summed E-state index contributed by atoms with van der Waals surface area (Å²) in [7, 11) is 0. The molecule has 2 rings (SSSR count). The van der Waals surface area contributed by atoms with E-state index in [-0.39, 0.29) is 36.6 Å². The number of hydrogen-bond acceptors (Lipinski definition) is 4. The fourth-order valence-electron chi connectivity index (χ4n) is 3.27. The van der Waals surface area contributed by atoms with Crippen molar-refractivity contribution in [3.8, 4) is 0 Å². The smallest absolute Gasteiger partial charge is 0.237 e. The highest BCUT2D eigenvalue weighted by molar-refractivity contribution is 5.85. The summed E-state index contributed by atoms with van der Waals surface area (Å²) in [4.78, 5) is 14.4. The van der Waals surface area contributed by atoms with E-state index >= 15 is 0 Å². The molecular formula is C20H35Cl2N3O2. The first kappa shape index (κ1) is 26.1. The molecule has 1 aromatic carbocycles. The molecule has 3 unspecified atom stereocenters. The Hall–Kier alpha value is -0.850. The number of aliphatic hydroxyl groups is 1. The van der Waals surface area contributed by atoms with Crippen molar-refractivity contribution >= 4 is 30.7 Å². The lowest BCUT2D eigenvalue weighted by Crippen LogP contribution is -2.47. The van der Waals surface area contributed by atoms with Crippen molar-refractivity contribution in [3.05, 3.63) is 35.9 Å². The summed E-state index contributed by atoms with van der Waals surface area (Å²) in [5.41, 5.74) is 6.94. The van der Waals surface area contributed by atoms with Crippen LogP contribution in [0.5, 0.6) is 0 Å². The molecule has 7 heteroatoms. The van der Waals surface area contributed by atoms with Crippen molar-refractivity contribution in [2.45, 2.75) is 45.3 Å². The van der Waals surface area contributed by atoms with E-state index in [9.17, 15) is 9.90 Å². The second-order valence-electron chi connectivity index (χ2n) is 7.33. The van der Waals surface area contributed by atoms with Gasteiger partial charge in [0.15, 0.2) is 0 Å². The Morgan fingerprint density at radius 2 is 1.85 bits per heavy atom. The molecule has 1 fully saturated rings. The zero-order valence-electron chi connectivity index (χ0n) is 16.3. The molecule has 0 saturated carbocycles. The first-order chi connectivity index (χ1) is 12.0. The van der Waals surface area contributed by atoms with Crippen LogP contribution in [0.2, 0.25) is 0 Å². The van der Waals surface area contributed by atoms with Gasteiger partial charge in [0.2, 0.25) is 5.91 Å². The van der Waals surface area contributed by atoms with Gasteiger partial charge in [-0.25, -0.2) is 0 Å². The molecule has 1 aliphatic rings. The summed E-state index contributed by atoms with van der Waals surface area (Å²) in [6.45, 7) is 7.36. The van der Waals surface area contributed by atoms with Crippen molar-refractivity contribution < 1.29 is 9.90 Å². The van der Waals surface area contributed by atoms with Gasteiger partial charge in [0.25, 0.3) is 0 Å². The van der Waals surface area contributed by atoms with E-state index in [4.69, 9.17) is 5.73 Å². The molecule has 27 heavy (non-hydrogen) atoms. The van der Waals surface area contributed by atoms with Crippen LogP contribution in [0.1, 0.15) is 44.8 Å². The van der Waals surface area contributed by atoms with E-state index in [2.05, 4.69) is 17.1 Å². The van der Waals surface area contributed by atoms with Gasteiger partial charge in [-0.3, -0.25) is 4.79 Å². The van der Waals surface area contributed by atoms with Gasteiger partial charge in [-0.2, -0.15) is 0 Å². The average molecular weight is 420 g/mol. The van der Waals surface area contributed by atoms with Crippen molar-refractivity contribution in [2.75, 3.05) is 26.2 Å². The molecule has 0 aromatic heterocycles. The molecule has 1 aliphatic heterocycles. The molecule has 4 N–H and O–H groups in total. The van der Waals surface area contributed by atoms with E-state index in [1.54, 1.807) is 0 Å². The van der Waals surface area contributed by atoms with Gasteiger partial charge in [-0.15, -0.1) is 24.8 Å². The Balaban J connectivity index is 0.00000338. The molecular weight excluding hydrogens is 385 g/mol. The molecule has 1 aromatic rings. The molecule has 0 aliphatic carbocycles. The van der Waals surface area contributed by atoms with Crippen LogP contribution in [0.15, 0.2) is 30.3 Å². The average Bonchev–Trinajstić information content (AvgIpc) is 2.66. The third-order valence-corrected chi connectivity index (χ3v) is 5.45. The standard InChI is InChI=1S/C20H33N3O2.2ClH/c1-3-15(2)19(21)20(25)22-13-16-9-11-23(12-10-16)14-18(24)17-7-5-4-6-8-17;;/h4-8,15-16,18-19,24H,3,9-14,21H2,1-2H3,(H,22,25);2*1H. The number of piperidine rings is 1. The van der Waals surface area contributed by atoms with Gasteiger partial charge in [0.05, 0.1) is 12.1 Å². The zero-order chi connectivity index (χ0) is 18.2. The van der Waals surface area contributed by atoms with E-state index < -0.39 is 12.1 Å². The number of aliphatic hydroxyl groups excluding tert-OH is 1. The number of carbonyl (C=O) groups is 1. The van der Waals surface area contributed by atoms with Crippen LogP contribution in [0.4, 0.5) is 0 Å². The molecule has 5 nitrogen and oxygen atoms in total. The highest BCUT2D eigenvalue weighted by Crippen LogP contribution is 2.20. The number of nitrogens with one attached hydrogen (secondary N) is 1. The number of carbonyl (C=O) groups excluding carboxylic acids is 1. The molecule has 0 spiro atoms. The second kappa shape index (κ2) is 13.3. The minimum atomic E-state index is -0.439. The molecule has 156 valence electrons. The Morgan fingerprint density at radius 1 is 1.26 bits per heavy atom. The summed E-state index contributed by atoms with van der Waals surface area (Å²) in [5, 5.41) is 13.4. The number of rotatable bonds is 8. The summed E-state index contributed by atoms with van der Waals surface area (Å²) in [5.74, 6) is 0.677. The normalized spacial score (nSPS) is 18.5. The molecule has 0 bridgehead atoms. The number of nitrogens with zero attached hydrogens (tertiary/aromatic N) is 1. The van der Waals surface area contributed by atoms with Crippen LogP contribution in [0, 0.1) is 11.8 Å². The van der Waals surface area contributed by atoms with Crippen LogP contribution < -0.4 is 11.1 Å². The number of nitrogens with two attached hydrogens (primary N) is 1. The molecule has 3 atom stereocenters. The maximum absolute atomic E-state index is 12.1. The second-order valence-corrected chi connectivity index (χ2v) is 7.33. The lowest BCUT2D eigenvalue weighted by molar-refractivity contribution is -0.123. The summed E-state index contributed by atoms with van der Waals surface area (Å²) in [6.07, 6.45) is 2.56. The summed E-state index contributed by atoms with van der Waals surface area (Å²) < 4.78 is 0. The number of likely N-dealkylation sites (tertiary alicyclic amines) is 1. The Kier molecular flexibility index (Phi) is 12.9. The molecule has 1 amide bonds. The predicted molar refractivity (Wildman–Crippen MR) is 116 cm³/mol. The predicted octanol–water partition coefficient (Wildman–Crippen LogP) is 2.77. The Labute approximate surface area is 175 Å². The number of β-amino-alcohol motifs (C(OH)–C–C–N with tert-alkyl or cyclic N) is 1. The van der Waals surface area contributed by atoms with Gasteiger partial charge in [0.1, 0.15) is 0 Å². The van der Waals surface area contributed by atoms with Crippen molar-refractivity contribution in [1.29, 1.82) is 0 Å². The van der Waals surface area contributed by atoms with E-state index in [0.29, 0.717) is 19.0 Å². The first-order valence-corrected chi connectivity index (χ1v) is 9.49. The van der Waals surface area contributed by atoms with E-state index in [0.717, 1.165) is 37.9 Å². The minimum absolute atomic E-state index is 0. The minimum Gasteiger partial charge on any atom is -0.387 e. The quantitative estimate of drug-likeness (QED) is 0.604. The largest absolute Gasteiger partial charge is 0.387 e. The summed E-state index contributed by atoms with van der Waals surface area (Å²) >= 11 is 0. The SMILES string of the molecule is CCC(C)C(N)C(=O)NCC1CCN(CC(O)c2ccccc2)CC1.Cl.Cl. The fraction of sp³-hybridized carbons (Fsp3) is 0.650. The van der Waals surface area contributed by atoms with Crippen molar-refractivity contribution in [3.63, 3.8) is 0 Å². The van der Waals surface area contributed by atoms with Gasteiger partial charge in [0, 0.05) is 13.1 Å². The van der Waals surface area contributed by atoms with Gasteiger partial charge in [-0.05, 0) is 43.3 Å². The van der Waals surface area contributed by atoms with Crippen LogP contribution in [-0.2, 0) is 4.79 Å².